The van der Waals surface area contributed by atoms with Crippen LogP contribution in [0.1, 0.15) is 12.0 Å². The number of fused-ring (bicyclic) bond motifs is 1. The molecule has 0 atom stereocenters. The lowest BCUT2D eigenvalue weighted by Gasteiger charge is -2.13. The third-order valence-corrected chi connectivity index (χ3v) is 2.98. The van der Waals surface area contributed by atoms with Gasteiger partial charge in [-0.15, -0.1) is 0 Å². The topological polar surface area (TPSA) is 60.2 Å². The molecule has 4 nitrogen and oxygen atoms in total. The summed E-state index contributed by atoms with van der Waals surface area (Å²) < 4.78 is 5.35. The van der Waals surface area contributed by atoms with Gasteiger partial charge >= 0.3 is 0 Å². The first-order valence-electron chi connectivity index (χ1n) is 6.14. The summed E-state index contributed by atoms with van der Waals surface area (Å²) >= 11 is 0. The second kappa shape index (κ2) is 5.69. The van der Waals surface area contributed by atoms with Gasteiger partial charge in [0.25, 0.3) is 0 Å². The molecule has 0 unspecified atom stereocenters. The van der Waals surface area contributed by atoms with Crippen LogP contribution in [0.25, 0.3) is 10.9 Å². The summed E-state index contributed by atoms with van der Waals surface area (Å²) in [6, 6.07) is 6.00. The minimum atomic E-state index is 0.693. The second-order valence-electron chi connectivity index (χ2n) is 4.24. The van der Waals surface area contributed by atoms with Gasteiger partial charge in [-0.2, -0.15) is 0 Å². The number of ether oxygens (including phenoxy) is 1. The third kappa shape index (κ3) is 2.38. The summed E-state index contributed by atoms with van der Waals surface area (Å²) in [7, 11) is 1.67. The normalized spacial score (nSPS) is 10.6. The predicted octanol–water partition coefficient (Wildman–Crippen LogP) is 2.31. The molecule has 0 radical (unpaired) electrons. The van der Waals surface area contributed by atoms with E-state index in [0.717, 1.165) is 35.3 Å². The Hall–Kier alpha value is -1.81. The number of methoxy groups -OCH3 is 1. The van der Waals surface area contributed by atoms with Crippen molar-refractivity contribution < 1.29 is 4.74 Å². The van der Waals surface area contributed by atoms with Crippen molar-refractivity contribution in [3.63, 3.8) is 0 Å². The van der Waals surface area contributed by atoms with Crippen LogP contribution in [-0.4, -0.2) is 25.2 Å². The van der Waals surface area contributed by atoms with Crippen molar-refractivity contribution in [1.82, 2.24) is 4.98 Å². The molecule has 4 heteroatoms. The van der Waals surface area contributed by atoms with Crippen molar-refractivity contribution in [3.8, 4) is 5.75 Å². The van der Waals surface area contributed by atoms with Crippen LogP contribution in [0.15, 0.2) is 24.4 Å². The van der Waals surface area contributed by atoms with Gasteiger partial charge in [-0.05, 0) is 37.6 Å². The zero-order valence-corrected chi connectivity index (χ0v) is 10.9. The summed E-state index contributed by atoms with van der Waals surface area (Å²) in [6.07, 6.45) is 2.75. The number of nitrogens with two attached hydrogens (primary N) is 1. The van der Waals surface area contributed by atoms with Gasteiger partial charge in [-0.3, -0.25) is 4.98 Å². The number of nitrogens with zero attached hydrogens (tertiary/aromatic N) is 1. The Kier molecular flexibility index (Phi) is 3.99. The highest BCUT2D eigenvalue weighted by atomic mass is 16.5. The van der Waals surface area contributed by atoms with Crippen molar-refractivity contribution >= 4 is 16.6 Å². The highest BCUT2D eigenvalue weighted by molar-refractivity contribution is 5.97. The monoisotopic (exact) mass is 245 g/mol. The van der Waals surface area contributed by atoms with Gasteiger partial charge in [0, 0.05) is 23.8 Å². The fourth-order valence-corrected chi connectivity index (χ4v) is 2.05. The summed E-state index contributed by atoms with van der Waals surface area (Å²) in [5.74, 6) is 0.804. The van der Waals surface area contributed by atoms with Crippen molar-refractivity contribution in [1.29, 1.82) is 0 Å². The van der Waals surface area contributed by atoms with Gasteiger partial charge in [0.2, 0.25) is 0 Å². The maximum Gasteiger partial charge on any atom is 0.145 e. The van der Waals surface area contributed by atoms with E-state index < -0.39 is 0 Å². The molecule has 0 aliphatic carbocycles. The quantitative estimate of drug-likeness (QED) is 0.794. The first kappa shape index (κ1) is 12.6. The van der Waals surface area contributed by atoms with Gasteiger partial charge < -0.3 is 15.8 Å². The lowest BCUT2D eigenvalue weighted by Crippen LogP contribution is -2.09. The molecular weight excluding hydrogens is 226 g/mol. The molecular formula is C14H19N3O. The highest BCUT2D eigenvalue weighted by Gasteiger charge is 2.09. The van der Waals surface area contributed by atoms with Crippen molar-refractivity contribution in [2.75, 3.05) is 25.5 Å². The maximum atomic E-state index is 5.51. The number of benzene rings is 1. The minimum Gasteiger partial charge on any atom is -0.494 e. The van der Waals surface area contributed by atoms with Crippen LogP contribution >= 0.6 is 0 Å². The van der Waals surface area contributed by atoms with E-state index >= 15 is 0 Å². The molecule has 1 aromatic carbocycles. The van der Waals surface area contributed by atoms with Crippen LogP contribution in [0.2, 0.25) is 0 Å². The van der Waals surface area contributed by atoms with Crippen LogP contribution in [0, 0.1) is 6.92 Å². The molecule has 0 saturated heterocycles. The second-order valence-corrected chi connectivity index (χ2v) is 4.24. The Balaban J connectivity index is 2.47. The summed E-state index contributed by atoms with van der Waals surface area (Å²) in [6.45, 7) is 3.64. The lowest BCUT2D eigenvalue weighted by molar-refractivity contribution is 0.419. The molecule has 1 heterocycles. The van der Waals surface area contributed by atoms with Gasteiger partial charge in [0.1, 0.15) is 11.3 Å². The van der Waals surface area contributed by atoms with E-state index in [0.29, 0.717) is 6.54 Å². The van der Waals surface area contributed by atoms with E-state index in [2.05, 4.69) is 23.3 Å². The Labute approximate surface area is 107 Å². The number of hydrogen-bond acceptors (Lipinski definition) is 4. The molecule has 0 aliphatic rings. The van der Waals surface area contributed by atoms with E-state index in [4.69, 9.17) is 10.5 Å². The number of hydrogen-bond donors (Lipinski definition) is 2. The molecule has 0 aliphatic heterocycles. The van der Waals surface area contributed by atoms with Gasteiger partial charge in [-0.25, -0.2) is 0 Å². The van der Waals surface area contributed by atoms with E-state index in [1.165, 1.54) is 5.56 Å². The van der Waals surface area contributed by atoms with E-state index in [9.17, 15) is 0 Å². The average molecular weight is 245 g/mol. The number of aromatic nitrogens is 1. The molecule has 18 heavy (non-hydrogen) atoms. The molecule has 2 aromatic rings. The zero-order valence-electron chi connectivity index (χ0n) is 10.9. The van der Waals surface area contributed by atoms with Gasteiger partial charge in [0.05, 0.1) is 7.11 Å². The first-order chi connectivity index (χ1) is 8.77. The fourth-order valence-electron chi connectivity index (χ4n) is 2.05. The summed E-state index contributed by atoms with van der Waals surface area (Å²) in [4.78, 5) is 4.41. The van der Waals surface area contributed by atoms with E-state index in [1.54, 1.807) is 13.3 Å². The minimum absolute atomic E-state index is 0.693. The van der Waals surface area contributed by atoms with Gasteiger partial charge in [0.15, 0.2) is 0 Å². The zero-order chi connectivity index (χ0) is 13.0. The smallest absolute Gasteiger partial charge is 0.145 e. The Morgan fingerprint density at radius 2 is 2.17 bits per heavy atom. The van der Waals surface area contributed by atoms with Crippen molar-refractivity contribution in [3.05, 3.63) is 30.0 Å². The summed E-state index contributed by atoms with van der Waals surface area (Å²) in [5, 5.41) is 4.52. The van der Waals surface area contributed by atoms with Crippen LogP contribution in [0.3, 0.4) is 0 Å². The van der Waals surface area contributed by atoms with Crippen LogP contribution in [0.4, 0.5) is 5.69 Å². The molecule has 0 fully saturated rings. The number of nitrogens with one attached hydrogen (secondary N) is 1. The van der Waals surface area contributed by atoms with Crippen molar-refractivity contribution in [2.24, 2.45) is 5.73 Å². The Morgan fingerprint density at radius 1 is 1.33 bits per heavy atom. The number of rotatable bonds is 5. The van der Waals surface area contributed by atoms with Gasteiger partial charge in [-0.1, -0.05) is 6.07 Å². The first-order valence-corrected chi connectivity index (χ1v) is 6.14. The highest BCUT2D eigenvalue weighted by Crippen LogP contribution is 2.31. The van der Waals surface area contributed by atoms with Crippen LogP contribution in [0.5, 0.6) is 5.75 Å². The molecule has 0 saturated carbocycles. The lowest BCUT2D eigenvalue weighted by atomic mass is 10.1. The third-order valence-electron chi connectivity index (χ3n) is 2.98. The number of aryl methyl sites for hydroxylation is 1. The molecule has 96 valence electrons. The maximum absolute atomic E-state index is 5.51. The van der Waals surface area contributed by atoms with Crippen LogP contribution < -0.4 is 15.8 Å². The van der Waals surface area contributed by atoms with Crippen LogP contribution in [-0.2, 0) is 0 Å². The van der Waals surface area contributed by atoms with Crippen molar-refractivity contribution in [2.45, 2.75) is 13.3 Å². The number of anilines is 1. The largest absolute Gasteiger partial charge is 0.494 e. The molecule has 0 bridgehead atoms. The SMILES string of the molecule is COc1ccc(C)c2c(NCCCN)ccnc12. The van der Waals surface area contributed by atoms with E-state index in [1.807, 2.05) is 12.1 Å². The average Bonchev–Trinajstić information content (AvgIpc) is 2.39. The fraction of sp³-hybridized carbons (Fsp3) is 0.357. The summed E-state index contributed by atoms with van der Waals surface area (Å²) in [5.41, 5.74) is 8.68. The standard InChI is InChI=1S/C14H19N3O/c1-10-4-5-12(18-2)14-13(10)11(6-9-17-14)16-8-3-7-15/h4-6,9H,3,7-8,15H2,1-2H3,(H,16,17). The predicted molar refractivity (Wildman–Crippen MR) is 75.2 cm³/mol. The molecule has 3 N–H and O–H groups in total. The Morgan fingerprint density at radius 3 is 2.89 bits per heavy atom. The Bertz CT molecular complexity index is 540. The molecule has 2 rings (SSSR count). The molecule has 1 aromatic heterocycles. The van der Waals surface area contributed by atoms with E-state index in [-0.39, 0.29) is 0 Å². The number of pyridine rings is 1. The molecule has 0 spiro atoms. The molecule has 0 amide bonds.